The van der Waals surface area contributed by atoms with Crippen molar-refractivity contribution in [1.82, 2.24) is 24.1 Å². The van der Waals surface area contributed by atoms with E-state index in [9.17, 15) is 11.0 Å². The summed E-state index contributed by atoms with van der Waals surface area (Å²) in [7, 11) is 0. The first-order valence-electron chi connectivity index (χ1n) is 28.5. The highest BCUT2D eigenvalue weighted by Gasteiger charge is 2.23. The predicted molar refractivity (Wildman–Crippen MR) is 205 cm³/mol. The van der Waals surface area contributed by atoms with Crippen molar-refractivity contribution in [3.63, 3.8) is 0 Å². The van der Waals surface area contributed by atoms with Gasteiger partial charge in [-0.05, 0) is 35.3 Å². The Bertz CT molecular complexity index is 4400. The largest absolute Gasteiger partial charge is 0.307 e. The Morgan fingerprint density at radius 1 is 0.360 bits per heavy atom. The van der Waals surface area contributed by atoms with Crippen LogP contribution in [0.4, 0.5) is 0 Å². The van der Waals surface area contributed by atoms with Crippen molar-refractivity contribution in [3.05, 3.63) is 175 Å². The zero-order chi connectivity index (χ0) is 57.4. The van der Waals surface area contributed by atoms with Gasteiger partial charge in [0.25, 0.3) is 0 Å². The minimum atomic E-state index is -0.994. The van der Waals surface area contributed by atoms with E-state index < -0.39 is 258 Å². The van der Waals surface area contributed by atoms with Crippen molar-refractivity contribution in [2.75, 3.05) is 0 Å². The topological polar surface area (TPSA) is 48.5 Å². The number of para-hydroxylation sites is 3. The molecule has 0 amide bonds. The average molecular weight is 668 g/mol. The molecule has 0 unspecified atom stereocenters. The van der Waals surface area contributed by atoms with Gasteiger partial charge in [-0.1, -0.05) is 151 Å². The van der Waals surface area contributed by atoms with Gasteiger partial charge in [-0.3, -0.25) is 4.57 Å². The number of nitrogens with zero attached hydrogens (tertiary/aromatic N) is 5. The lowest BCUT2D eigenvalue weighted by atomic mass is 10.0. The number of hydrogen-bond donors (Lipinski definition) is 0. The molecule has 50 heavy (non-hydrogen) atoms. The van der Waals surface area contributed by atoms with Gasteiger partial charge in [-0.25, -0.2) is 4.98 Å². The quantitative estimate of drug-likeness (QED) is 0.184. The molecule has 234 valence electrons. The average Bonchev–Trinajstić information content (AvgIpc) is 4.18. The fourth-order valence-corrected chi connectivity index (χ4v) is 5.61. The van der Waals surface area contributed by atoms with Crippen LogP contribution in [0.5, 0.6) is 0 Å². The van der Waals surface area contributed by atoms with Gasteiger partial charge in [0, 0.05) is 38.4 Å². The van der Waals surface area contributed by atoms with E-state index in [-0.39, 0.29) is 0 Å². The van der Waals surface area contributed by atoms with Crippen LogP contribution in [0.25, 0.3) is 89.2 Å². The molecule has 5 nitrogen and oxygen atoms in total. The molecule has 0 aliphatic carbocycles. The standard InChI is InChI=1S/C45H29N5/c1-4-14-30(15-5-1)31-24-26-33(27-25-31)44-46-43(32-16-6-2-7-17-32)47-45(48-44)50-40-23-13-11-21-36(40)38-29-28-37-35-20-10-12-22-39(35)49(41(37)42(38)50)34-18-8-3-9-19-34/h1-29H/i1D,2D,3D,4D,5D,6D,7D,8D,9D,10D,11D,12D,13D,14D,16D,17D,18D,19D,20D,21D,22D,23D,24D,25D,26D,27D,28D,29D. The molecule has 7 aromatic carbocycles. The molecule has 0 fully saturated rings. The zero-order valence-corrected chi connectivity index (χ0v) is 24.8. The van der Waals surface area contributed by atoms with Crippen LogP contribution in [0.3, 0.4) is 0 Å². The van der Waals surface area contributed by atoms with Gasteiger partial charge in [0.1, 0.15) is 0 Å². The van der Waals surface area contributed by atoms with Crippen LogP contribution in [-0.4, -0.2) is 24.1 Å². The Balaban J connectivity index is 1.52. The molecule has 3 heterocycles. The molecule has 0 bridgehead atoms. The molecule has 0 spiro atoms. The van der Waals surface area contributed by atoms with Crippen LogP contribution in [0.15, 0.2) is 175 Å². The minimum absolute atomic E-state index is 0.458. The summed E-state index contributed by atoms with van der Waals surface area (Å²) in [5.74, 6) is -2.76. The number of hydrogen-bond acceptors (Lipinski definition) is 3. The SMILES string of the molecule is [2H]c1cc(-c2c([2H])c([2H])c(-c3nc(-c4c([2H])c([2H])c([2H])c([2H])c4[2H])nc(-n4c5c([2H])c([2H])c([2H])c([2H])c5c5c([2H])c([2H])c6c7c([2H])c([2H])c([2H])c([2H])c7n(-c7c([2H])c([2H])c([2H])c([2H])c7[2H])c6c54)n3)c([2H])c2[2H])c([2H])c([2H])c1[2H]. The van der Waals surface area contributed by atoms with E-state index >= 15 is 0 Å². The third-order valence-corrected chi connectivity index (χ3v) is 7.66. The smallest absolute Gasteiger partial charge is 0.238 e. The van der Waals surface area contributed by atoms with E-state index in [0.717, 1.165) is 15.2 Å². The first-order chi connectivity index (χ1) is 36.4. The minimum Gasteiger partial charge on any atom is -0.307 e. The van der Waals surface area contributed by atoms with E-state index in [1.165, 1.54) is 0 Å². The molecule has 0 aliphatic rings. The normalized spacial score (nSPS) is 19.4. The van der Waals surface area contributed by atoms with Gasteiger partial charge in [-0.2, -0.15) is 9.97 Å². The van der Waals surface area contributed by atoms with Crippen molar-refractivity contribution < 1.29 is 38.4 Å². The van der Waals surface area contributed by atoms with Crippen LogP contribution in [0, 0.1) is 0 Å². The maximum atomic E-state index is 9.62. The fourth-order valence-electron chi connectivity index (χ4n) is 5.61. The van der Waals surface area contributed by atoms with E-state index in [4.69, 9.17) is 27.4 Å². The fraction of sp³-hybridized carbons (Fsp3) is 0. The molecule has 10 rings (SSSR count). The van der Waals surface area contributed by atoms with Gasteiger partial charge in [-0.15, -0.1) is 0 Å². The molecule has 0 N–H and O–H groups in total. The van der Waals surface area contributed by atoms with Crippen LogP contribution >= 0.6 is 0 Å². The van der Waals surface area contributed by atoms with Crippen molar-refractivity contribution in [1.29, 1.82) is 0 Å². The molecular formula is C45H29N5. The van der Waals surface area contributed by atoms with Gasteiger partial charge in [0.05, 0.1) is 60.4 Å². The molecular weight excluding hydrogens is 611 g/mol. The first-order valence-corrected chi connectivity index (χ1v) is 14.5. The highest BCUT2D eigenvalue weighted by Crippen LogP contribution is 2.41. The molecule has 3 aromatic heterocycles. The maximum Gasteiger partial charge on any atom is 0.238 e. The Hall–Kier alpha value is -6.85. The second-order valence-corrected chi connectivity index (χ2v) is 10.4. The van der Waals surface area contributed by atoms with E-state index in [1.54, 1.807) is 0 Å². The summed E-state index contributed by atoms with van der Waals surface area (Å²) in [6, 6.07) is -24.2. The van der Waals surface area contributed by atoms with E-state index in [0.29, 0.717) is 0 Å². The maximum absolute atomic E-state index is 9.62. The molecule has 5 heteroatoms. The Kier molecular flexibility index (Phi) is 2.72. The summed E-state index contributed by atoms with van der Waals surface area (Å²) in [6.45, 7) is 0. The van der Waals surface area contributed by atoms with E-state index in [2.05, 4.69) is 15.0 Å². The van der Waals surface area contributed by atoms with Gasteiger partial charge in [0.2, 0.25) is 5.95 Å². The zero-order valence-electron chi connectivity index (χ0n) is 52.8. The highest BCUT2D eigenvalue weighted by atomic mass is 15.2. The van der Waals surface area contributed by atoms with E-state index in [1.807, 2.05) is 0 Å². The first kappa shape index (κ1) is 11.9. The molecule has 0 saturated carbocycles. The summed E-state index contributed by atoms with van der Waals surface area (Å²) in [5.41, 5.74) is -6.06. The van der Waals surface area contributed by atoms with Crippen molar-refractivity contribution in [3.8, 4) is 45.5 Å². The Morgan fingerprint density at radius 3 is 1.50 bits per heavy atom. The lowest BCUT2D eigenvalue weighted by Gasteiger charge is -2.13. The van der Waals surface area contributed by atoms with Crippen molar-refractivity contribution in [2.24, 2.45) is 0 Å². The molecule has 10 aromatic rings. The molecule has 0 saturated heterocycles. The van der Waals surface area contributed by atoms with Gasteiger partial charge in [0.15, 0.2) is 11.6 Å². The number of fused-ring (bicyclic) bond motifs is 7. The lowest BCUT2D eigenvalue weighted by molar-refractivity contribution is 0.953. The van der Waals surface area contributed by atoms with Gasteiger partial charge < -0.3 is 4.57 Å². The summed E-state index contributed by atoms with van der Waals surface area (Å²) in [6.07, 6.45) is 0. The Labute approximate surface area is 327 Å². The van der Waals surface area contributed by atoms with Crippen molar-refractivity contribution in [2.45, 2.75) is 0 Å². The predicted octanol–water partition coefficient (Wildman–Crippen LogP) is 11.1. The second kappa shape index (κ2) is 11.4. The van der Waals surface area contributed by atoms with Crippen molar-refractivity contribution >= 4 is 43.6 Å². The number of aromatic nitrogens is 5. The Morgan fingerprint density at radius 2 is 0.840 bits per heavy atom. The van der Waals surface area contributed by atoms with Crippen LogP contribution in [0.1, 0.15) is 38.4 Å². The monoisotopic (exact) mass is 667 g/mol. The van der Waals surface area contributed by atoms with Crippen LogP contribution in [-0.2, 0) is 0 Å². The molecule has 0 radical (unpaired) electrons. The third-order valence-electron chi connectivity index (χ3n) is 7.66. The third kappa shape index (κ3) is 4.45. The summed E-state index contributed by atoms with van der Waals surface area (Å²) < 4.78 is 250. The summed E-state index contributed by atoms with van der Waals surface area (Å²) >= 11 is 0. The summed E-state index contributed by atoms with van der Waals surface area (Å²) in [5, 5.41) is -2.30. The highest BCUT2D eigenvalue weighted by molar-refractivity contribution is 6.23. The lowest BCUT2D eigenvalue weighted by Crippen LogP contribution is -2.07. The van der Waals surface area contributed by atoms with Crippen LogP contribution in [0.2, 0.25) is 0 Å². The number of rotatable bonds is 5. The molecule has 0 atom stereocenters. The number of benzene rings is 7. The second-order valence-electron chi connectivity index (χ2n) is 10.4. The van der Waals surface area contributed by atoms with Gasteiger partial charge >= 0.3 is 0 Å². The van der Waals surface area contributed by atoms with Crippen LogP contribution < -0.4 is 0 Å². The molecule has 0 aliphatic heterocycles. The summed E-state index contributed by atoms with van der Waals surface area (Å²) in [4.78, 5) is 13.4.